The van der Waals surface area contributed by atoms with Crippen LogP contribution >= 0.6 is 0 Å². The van der Waals surface area contributed by atoms with Crippen molar-refractivity contribution in [3.8, 4) is 5.88 Å². The minimum Gasteiger partial charge on any atom is -0.481 e. The Morgan fingerprint density at radius 3 is 2.87 bits per heavy atom. The molecule has 0 spiro atoms. The Morgan fingerprint density at radius 2 is 2.17 bits per heavy atom. The van der Waals surface area contributed by atoms with Gasteiger partial charge in [0.25, 0.3) is 0 Å². The molecule has 0 radical (unpaired) electrons. The minimum atomic E-state index is -0.117. The van der Waals surface area contributed by atoms with Gasteiger partial charge in [-0.1, -0.05) is 12.8 Å². The molecule has 1 aromatic rings. The second-order valence-corrected chi connectivity index (χ2v) is 6.10. The van der Waals surface area contributed by atoms with Crippen molar-refractivity contribution in [1.82, 2.24) is 14.9 Å². The van der Waals surface area contributed by atoms with Crippen LogP contribution in [0.2, 0.25) is 0 Å². The normalized spacial score (nSPS) is 21.3. The fourth-order valence-corrected chi connectivity index (χ4v) is 3.32. The Morgan fingerprint density at radius 1 is 1.35 bits per heavy atom. The highest BCUT2D eigenvalue weighted by atomic mass is 16.5. The number of methoxy groups -OCH3 is 1. The number of ether oxygens (including phenoxy) is 2. The summed E-state index contributed by atoms with van der Waals surface area (Å²) >= 11 is 0. The van der Waals surface area contributed by atoms with Crippen molar-refractivity contribution in [3.63, 3.8) is 0 Å². The van der Waals surface area contributed by atoms with Crippen molar-refractivity contribution in [3.05, 3.63) is 12.4 Å². The van der Waals surface area contributed by atoms with Crippen molar-refractivity contribution in [2.45, 2.75) is 50.7 Å². The van der Waals surface area contributed by atoms with Gasteiger partial charge in [-0.2, -0.15) is 0 Å². The van der Waals surface area contributed by atoms with Gasteiger partial charge in [-0.05, 0) is 25.7 Å². The summed E-state index contributed by atoms with van der Waals surface area (Å²) in [7, 11) is 1.54. The first-order valence-electron chi connectivity index (χ1n) is 8.31. The Kier molecular flexibility index (Phi) is 5.27. The van der Waals surface area contributed by atoms with Gasteiger partial charge in [0, 0.05) is 25.3 Å². The Labute approximate surface area is 136 Å². The zero-order chi connectivity index (χ0) is 16.1. The summed E-state index contributed by atoms with van der Waals surface area (Å²) < 4.78 is 10.8. The lowest BCUT2D eigenvalue weighted by molar-refractivity contribution is 0.0729. The van der Waals surface area contributed by atoms with E-state index in [1.54, 1.807) is 6.07 Å². The maximum absolute atomic E-state index is 12.7. The third kappa shape index (κ3) is 4.10. The van der Waals surface area contributed by atoms with Crippen LogP contribution in [0.25, 0.3) is 0 Å². The van der Waals surface area contributed by atoms with Crippen LogP contribution in [0.3, 0.4) is 0 Å². The molecule has 3 rings (SSSR count). The largest absolute Gasteiger partial charge is 0.481 e. The Balaban J connectivity index is 1.67. The van der Waals surface area contributed by atoms with E-state index in [1.807, 2.05) is 4.90 Å². The topological polar surface area (TPSA) is 76.6 Å². The number of carbonyl (C=O) groups excluding carboxylic acids is 1. The summed E-state index contributed by atoms with van der Waals surface area (Å²) in [6, 6.07) is 1.80. The van der Waals surface area contributed by atoms with Gasteiger partial charge in [0.2, 0.25) is 5.88 Å². The number of nitrogens with zero attached hydrogens (tertiary/aromatic N) is 3. The fourth-order valence-electron chi connectivity index (χ4n) is 3.32. The number of urea groups is 1. The standard InChI is InChI=1S/C16H24N4O3/c1-22-15-9-14(17-11-18-15)19-16(21)20(12-5-2-3-6-12)10-13-7-4-8-23-13/h9,11-13H,2-8,10H2,1H3,(H,17,18,19,21). The Bertz CT molecular complexity index is 528. The summed E-state index contributed by atoms with van der Waals surface area (Å²) in [5, 5.41) is 2.87. The third-order valence-electron chi connectivity index (χ3n) is 4.54. The van der Waals surface area contributed by atoms with E-state index in [1.165, 1.54) is 26.3 Å². The van der Waals surface area contributed by atoms with Crippen LogP contribution in [0, 0.1) is 0 Å². The Hall–Kier alpha value is -1.89. The zero-order valence-electron chi connectivity index (χ0n) is 13.5. The highest BCUT2D eigenvalue weighted by Gasteiger charge is 2.30. The summed E-state index contributed by atoms with van der Waals surface area (Å²) in [6.45, 7) is 1.45. The van der Waals surface area contributed by atoms with Crippen LogP contribution in [0.5, 0.6) is 5.88 Å². The smallest absolute Gasteiger partial charge is 0.323 e. The van der Waals surface area contributed by atoms with Gasteiger partial charge in [-0.3, -0.25) is 5.32 Å². The van der Waals surface area contributed by atoms with E-state index in [4.69, 9.17) is 9.47 Å². The molecule has 2 fully saturated rings. The molecule has 23 heavy (non-hydrogen) atoms. The summed E-state index contributed by atoms with van der Waals surface area (Å²) in [4.78, 5) is 22.7. The third-order valence-corrected chi connectivity index (χ3v) is 4.54. The van der Waals surface area contributed by atoms with Gasteiger partial charge in [-0.25, -0.2) is 14.8 Å². The first kappa shape index (κ1) is 16.0. The van der Waals surface area contributed by atoms with E-state index >= 15 is 0 Å². The number of rotatable bonds is 5. The fraction of sp³-hybridized carbons (Fsp3) is 0.688. The molecular weight excluding hydrogens is 296 g/mol. The number of hydrogen-bond donors (Lipinski definition) is 1. The van der Waals surface area contributed by atoms with E-state index in [2.05, 4.69) is 15.3 Å². The molecule has 0 aromatic carbocycles. The molecule has 7 heteroatoms. The molecule has 126 valence electrons. The second-order valence-electron chi connectivity index (χ2n) is 6.10. The SMILES string of the molecule is COc1cc(NC(=O)N(CC2CCCO2)C2CCCC2)ncn1. The number of hydrogen-bond acceptors (Lipinski definition) is 5. The van der Waals surface area contributed by atoms with Crippen LogP contribution < -0.4 is 10.1 Å². The molecule has 2 heterocycles. The van der Waals surface area contributed by atoms with Crippen molar-refractivity contribution in [1.29, 1.82) is 0 Å². The van der Waals surface area contributed by atoms with E-state index in [9.17, 15) is 4.79 Å². The predicted molar refractivity (Wildman–Crippen MR) is 85.5 cm³/mol. The highest BCUT2D eigenvalue weighted by Crippen LogP contribution is 2.26. The first-order valence-corrected chi connectivity index (χ1v) is 8.31. The van der Waals surface area contributed by atoms with Crippen LogP contribution in [0.1, 0.15) is 38.5 Å². The van der Waals surface area contributed by atoms with Crippen LogP contribution in [-0.4, -0.2) is 53.3 Å². The second kappa shape index (κ2) is 7.59. The lowest BCUT2D eigenvalue weighted by atomic mass is 10.1. The number of carbonyl (C=O) groups is 1. The molecule has 1 aliphatic carbocycles. The summed E-state index contributed by atoms with van der Waals surface area (Å²) in [5.74, 6) is 0.888. The van der Waals surface area contributed by atoms with E-state index < -0.39 is 0 Å². The van der Waals surface area contributed by atoms with Crippen molar-refractivity contribution < 1.29 is 14.3 Å². The molecule has 2 amide bonds. The lowest BCUT2D eigenvalue weighted by Crippen LogP contribution is -2.45. The van der Waals surface area contributed by atoms with Crippen LogP contribution in [0.4, 0.5) is 10.6 Å². The molecular formula is C16H24N4O3. The molecule has 1 aromatic heterocycles. The number of amides is 2. The lowest BCUT2D eigenvalue weighted by Gasteiger charge is -2.31. The van der Waals surface area contributed by atoms with E-state index in [0.717, 1.165) is 32.3 Å². The van der Waals surface area contributed by atoms with Gasteiger partial charge in [0.15, 0.2) is 0 Å². The summed E-state index contributed by atoms with van der Waals surface area (Å²) in [6.07, 6.45) is 8.13. The molecule has 7 nitrogen and oxygen atoms in total. The van der Waals surface area contributed by atoms with Crippen LogP contribution in [-0.2, 0) is 4.74 Å². The van der Waals surface area contributed by atoms with Gasteiger partial charge >= 0.3 is 6.03 Å². The molecule has 1 saturated heterocycles. The monoisotopic (exact) mass is 320 g/mol. The van der Waals surface area contributed by atoms with E-state index in [0.29, 0.717) is 24.3 Å². The average Bonchev–Trinajstić information content (AvgIpc) is 3.26. The maximum atomic E-state index is 12.7. The first-order chi connectivity index (χ1) is 11.3. The highest BCUT2D eigenvalue weighted by molar-refractivity contribution is 5.88. The summed E-state index contributed by atoms with van der Waals surface area (Å²) in [5.41, 5.74) is 0. The zero-order valence-corrected chi connectivity index (χ0v) is 13.5. The number of aromatic nitrogens is 2. The predicted octanol–water partition coefficient (Wildman–Crippen LogP) is 2.44. The van der Waals surface area contributed by atoms with Crippen molar-refractivity contribution >= 4 is 11.8 Å². The quantitative estimate of drug-likeness (QED) is 0.901. The maximum Gasteiger partial charge on any atom is 0.323 e. The number of anilines is 1. The number of nitrogens with one attached hydrogen (secondary N) is 1. The molecule has 2 aliphatic rings. The molecule has 1 atom stereocenters. The van der Waals surface area contributed by atoms with Gasteiger partial charge in [0.05, 0.1) is 13.2 Å². The molecule has 1 N–H and O–H groups in total. The van der Waals surface area contributed by atoms with Crippen LogP contribution in [0.15, 0.2) is 12.4 Å². The average molecular weight is 320 g/mol. The van der Waals surface area contributed by atoms with Gasteiger partial charge < -0.3 is 14.4 Å². The van der Waals surface area contributed by atoms with E-state index in [-0.39, 0.29) is 12.1 Å². The molecule has 1 aliphatic heterocycles. The van der Waals surface area contributed by atoms with Gasteiger partial charge in [-0.15, -0.1) is 0 Å². The minimum absolute atomic E-state index is 0.117. The molecule has 0 bridgehead atoms. The van der Waals surface area contributed by atoms with Crippen molar-refractivity contribution in [2.75, 3.05) is 25.6 Å². The van der Waals surface area contributed by atoms with Gasteiger partial charge in [0.1, 0.15) is 12.1 Å². The molecule has 1 unspecified atom stereocenters. The molecule has 1 saturated carbocycles. The van der Waals surface area contributed by atoms with Crippen molar-refractivity contribution in [2.24, 2.45) is 0 Å².